The lowest BCUT2D eigenvalue weighted by Crippen LogP contribution is -1.95. The van der Waals surface area contributed by atoms with Crippen LogP contribution in [0, 0.1) is 6.92 Å². The van der Waals surface area contributed by atoms with Gasteiger partial charge in [-0.3, -0.25) is 0 Å². The number of benzene rings is 4. The minimum Gasteiger partial charge on any atom is -0.249 e. The molecule has 1 heterocycles. The summed E-state index contributed by atoms with van der Waals surface area (Å²) in [5.74, 6) is 0. The second-order valence-corrected chi connectivity index (χ2v) is 6.76. The quantitative estimate of drug-likeness (QED) is 0.344. The fourth-order valence-electron chi connectivity index (χ4n) is 3.63. The molecule has 0 spiro atoms. The predicted molar refractivity (Wildman–Crippen MR) is 113 cm³/mol. The number of fused-ring (bicyclic) bond motifs is 3. The highest BCUT2D eigenvalue weighted by Gasteiger charge is 2.11. The highest BCUT2D eigenvalue weighted by Crippen LogP contribution is 2.30. The molecule has 1 aromatic heterocycles. The lowest BCUT2D eigenvalue weighted by molar-refractivity contribution is 1.19. The maximum absolute atomic E-state index is 5.05. The molecule has 0 bridgehead atoms. The average Bonchev–Trinajstić information content (AvgIpc) is 2.74. The molecule has 0 radical (unpaired) electrons. The lowest BCUT2D eigenvalue weighted by atomic mass is 10.0. The number of aromatic nitrogens is 2. The van der Waals surface area contributed by atoms with Crippen molar-refractivity contribution in [3.8, 4) is 22.4 Å². The number of hydrogen-bond donors (Lipinski definition) is 0. The van der Waals surface area contributed by atoms with Gasteiger partial charge in [-0.15, -0.1) is 0 Å². The molecule has 0 amide bonds. The Morgan fingerprint density at radius 2 is 1.33 bits per heavy atom. The third-order valence-electron chi connectivity index (χ3n) is 4.98. The molecule has 0 saturated heterocycles. The maximum Gasteiger partial charge on any atom is 0.0972 e. The number of hydrogen-bond acceptors (Lipinski definition) is 2. The van der Waals surface area contributed by atoms with E-state index in [1.54, 1.807) is 0 Å². The van der Waals surface area contributed by atoms with Gasteiger partial charge in [-0.1, -0.05) is 78.9 Å². The molecule has 0 aliphatic heterocycles. The van der Waals surface area contributed by atoms with Crippen molar-refractivity contribution in [2.75, 3.05) is 0 Å². The molecule has 4 aromatic carbocycles. The Morgan fingerprint density at radius 3 is 2.22 bits per heavy atom. The van der Waals surface area contributed by atoms with Crippen LogP contribution in [0.3, 0.4) is 0 Å². The molecule has 2 nitrogen and oxygen atoms in total. The van der Waals surface area contributed by atoms with E-state index in [2.05, 4.69) is 84.9 Å². The van der Waals surface area contributed by atoms with Gasteiger partial charge in [0.15, 0.2) is 0 Å². The van der Waals surface area contributed by atoms with Crippen LogP contribution in [0.2, 0.25) is 0 Å². The standard InChI is InChI=1S/C25H18N2/c1-17-24(21-12-7-11-20(16-21)18-8-3-2-4-9-18)27-25-22-13-6-5-10-19(22)14-15-23(25)26-17/h2-16H,1H3. The van der Waals surface area contributed by atoms with Gasteiger partial charge in [0, 0.05) is 10.9 Å². The fraction of sp³-hybridized carbons (Fsp3) is 0.0400. The topological polar surface area (TPSA) is 25.8 Å². The summed E-state index contributed by atoms with van der Waals surface area (Å²) in [5.41, 5.74) is 7.27. The number of rotatable bonds is 2. The van der Waals surface area contributed by atoms with E-state index in [-0.39, 0.29) is 0 Å². The molecule has 5 rings (SSSR count). The molecule has 128 valence electrons. The third-order valence-corrected chi connectivity index (χ3v) is 4.98. The van der Waals surface area contributed by atoms with Gasteiger partial charge in [-0.25, -0.2) is 9.97 Å². The summed E-state index contributed by atoms with van der Waals surface area (Å²) < 4.78 is 0. The van der Waals surface area contributed by atoms with Gasteiger partial charge < -0.3 is 0 Å². The number of nitrogens with zero attached hydrogens (tertiary/aromatic N) is 2. The molecule has 0 atom stereocenters. The zero-order valence-corrected chi connectivity index (χ0v) is 15.1. The highest BCUT2D eigenvalue weighted by molar-refractivity contribution is 6.04. The Hall–Kier alpha value is -3.52. The van der Waals surface area contributed by atoms with Crippen LogP contribution in [0.15, 0.2) is 91.0 Å². The minimum absolute atomic E-state index is 0.939. The lowest BCUT2D eigenvalue weighted by Gasteiger charge is -2.10. The van der Waals surface area contributed by atoms with E-state index < -0.39 is 0 Å². The normalized spacial score (nSPS) is 11.1. The molecule has 0 aliphatic rings. The maximum atomic E-state index is 5.05. The Bertz CT molecular complexity index is 1270. The van der Waals surface area contributed by atoms with E-state index >= 15 is 0 Å². The van der Waals surface area contributed by atoms with E-state index in [0.29, 0.717) is 0 Å². The first-order chi connectivity index (χ1) is 13.3. The second-order valence-electron chi connectivity index (χ2n) is 6.76. The molecule has 27 heavy (non-hydrogen) atoms. The van der Waals surface area contributed by atoms with Crippen LogP contribution in [-0.4, -0.2) is 9.97 Å². The molecule has 0 unspecified atom stereocenters. The summed E-state index contributed by atoms with van der Waals surface area (Å²) in [6.07, 6.45) is 0. The Morgan fingerprint density at radius 1 is 0.593 bits per heavy atom. The van der Waals surface area contributed by atoms with Crippen molar-refractivity contribution < 1.29 is 0 Å². The van der Waals surface area contributed by atoms with Crippen LogP contribution in [0.25, 0.3) is 44.2 Å². The molecular weight excluding hydrogens is 328 g/mol. The van der Waals surface area contributed by atoms with Crippen molar-refractivity contribution in [1.82, 2.24) is 9.97 Å². The Kier molecular flexibility index (Phi) is 3.68. The highest BCUT2D eigenvalue weighted by atomic mass is 14.8. The summed E-state index contributed by atoms with van der Waals surface area (Å²) in [7, 11) is 0. The summed E-state index contributed by atoms with van der Waals surface area (Å²) in [4.78, 5) is 9.89. The Balaban J connectivity index is 1.73. The van der Waals surface area contributed by atoms with Crippen molar-refractivity contribution in [2.45, 2.75) is 6.92 Å². The predicted octanol–water partition coefficient (Wildman–Crippen LogP) is 6.43. The molecule has 5 aromatic rings. The zero-order valence-electron chi connectivity index (χ0n) is 15.1. The van der Waals surface area contributed by atoms with E-state index in [1.165, 1.54) is 16.5 Å². The summed E-state index contributed by atoms with van der Waals surface area (Å²) in [6.45, 7) is 2.03. The van der Waals surface area contributed by atoms with E-state index in [1.807, 2.05) is 13.0 Å². The van der Waals surface area contributed by atoms with Gasteiger partial charge in [0.1, 0.15) is 0 Å². The van der Waals surface area contributed by atoms with Crippen LogP contribution in [-0.2, 0) is 0 Å². The van der Waals surface area contributed by atoms with Crippen molar-refractivity contribution in [3.05, 3.63) is 96.7 Å². The fourth-order valence-corrected chi connectivity index (χ4v) is 3.63. The van der Waals surface area contributed by atoms with E-state index in [4.69, 9.17) is 9.97 Å². The van der Waals surface area contributed by atoms with Gasteiger partial charge in [0.05, 0.1) is 22.4 Å². The van der Waals surface area contributed by atoms with Crippen molar-refractivity contribution >= 4 is 21.8 Å². The van der Waals surface area contributed by atoms with Crippen LogP contribution >= 0.6 is 0 Å². The largest absolute Gasteiger partial charge is 0.249 e. The smallest absolute Gasteiger partial charge is 0.0972 e. The van der Waals surface area contributed by atoms with E-state index in [9.17, 15) is 0 Å². The molecule has 0 saturated carbocycles. The van der Waals surface area contributed by atoms with Crippen LogP contribution in [0.4, 0.5) is 0 Å². The first kappa shape index (κ1) is 15.7. The van der Waals surface area contributed by atoms with Crippen LogP contribution < -0.4 is 0 Å². The summed E-state index contributed by atoms with van der Waals surface area (Å²) in [6, 6.07) is 31.5. The van der Waals surface area contributed by atoms with Crippen molar-refractivity contribution in [3.63, 3.8) is 0 Å². The molecule has 0 aliphatic carbocycles. The Labute approximate surface area is 158 Å². The molecular formula is C25H18N2. The zero-order chi connectivity index (χ0) is 18.2. The molecule has 2 heteroatoms. The molecule has 0 fully saturated rings. The van der Waals surface area contributed by atoms with E-state index in [0.717, 1.165) is 33.4 Å². The summed E-state index contributed by atoms with van der Waals surface area (Å²) in [5, 5.41) is 2.33. The van der Waals surface area contributed by atoms with Crippen molar-refractivity contribution in [2.24, 2.45) is 0 Å². The monoisotopic (exact) mass is 346 g/mol. The second kappa shape index (κ2) is 6.33. The SMILES string of the molecule is Cc1nc2ccc3ccccc3c2nc1-c1cccc(-c2ccccc2)c1. The van der Waals surface area contributed by atoms with Crippen molar-refractivity contribution in [1.29, 1.82) is 0 Å². The van der Waals surface area contributed by atoms with Gasteiger partial charge in [0.25, 0.3) is 0 Å². The first-order valence-electron chi connectivity index (χ1n) is 9.11. The van der Waals surface area contributed by atoms with Crippen LogP contribution in [0.5, 0.6) is 0 Å². The molecule has 0 N–H and O–H groups in total. The van der Waals surface area contributed by atoms with Gasteiger partial charge in [-0.05, 0) is 35.6 Å². The first-order valence-corrected chi connectivity index (χ1v) is 9.11. The van der Waals surface area contributed by atoms with Gasteiger partial charge in [-0.2, -0.15) is 0 Å². The number of aryl methyl sites for hydroxylation is 1. The third kappa shape index (κ3) is 2.76. The van der Waals surface area contributed by atoms with Gasteiger partial charge in [0.2, 0.25) is 0 Å². The van der Waals surface area contributed by atoms with Gasteiger partial charge >= 0.3 is 0 Å². The van der Waals surface area contributed by atoms with Crippen LogP contribution in [0.1, 0.15) is 5.69 Å². The summed E-state index contributed by atoms with van der Waals surface area (Å²) >= 11 is 0. The average molecular weight is 346 g/mol. The minimum atomic E-state index is 0.939.